The molecule has 0 bridgehead atoms. The average molecular weight is 284 g/mol. The maximum absolute atomic E-state index is 12.5. The Bertz CT molecular complexity index is 789. The zero-order valence-electron chi connectivity index (χ0n) is 11.1. The van der Waals surface area contributed by atoms with E-state index in [1.165, 1.54) is 0 Å². The van der Waals surface area contributed by atoms with E-state index < -0.39 is 0 Å². The lowest BCUT2D eigenvalue weighted by Gasteiger charge is -2.04. The minimum absolute atomic E-state index is 0.104. The van der Waals surface area contributed by atoms with E-state index in [0.717, 1.165) is 22.0 Å². The molecule has 0 radical (unpaired) electrons. The monoisotopic (exact) mass is 283 g/mol. The van der Waals surface area contributed by atoms with Gasteiger partial charge < -0.3 is 4.98 Å². The Morgan fingerprint density at radius 1 is 1.20 bits per heavy atom. The Balaban J connectivity index is 1.97. The summed E-state index contributed by atoms with van der Waals surface area (Å²) in [5.41, 5.74) is 3.83. The predicted octanol–water partition coefficient (Wildman–Crippen LogP) is 4.56. The van der Waals surface area contributed by atoms with Crippen LogP contribution in [-0.2, 0) is 6.42 Å². The van der Waals surface area contributed by atoms with Crippen molar-refractivity contribution in [2.24, 2.45) is 0 Å². The molecule has 0 aliphatic rings. The second-order valence-electron chi connectivity index (χ2n) is 4.92. The summed E-state index contributed by atoms with van der Waals surface area (Å²) in [6.07, 6.45) is 2.17. The van der Waals surface area contributed by atoms with Gasteiger partial charge in [0.15, 0.2) is 5.78 Å². The molecule has 0 unspecified atom stereocenters. The number of hydrogen-bond donors (Lipinski definition) is 1. The standard InChI is InChI=1S/C17H14ClNO/c1-11-4-2-3-5-12(11)8-17(20)15-10-19-16-7-6-13(18)9-14(15)16/h2-7,9-10,19H,8H2,1H3. The van der Waals surface area contributed by atoms with Crippen LogP contribution >= 0.6 is 11.6 Å². The Morgan fingerprint density at radius 3 is 2.80 bits per heavy atom. The largest absolute Gasteiger partial charge is 0.360 e. The zero-order chi connectivity index (χ0) is 14.1. The summed E-state index contributed by atoms with van der Waals surface area (Å²) >= 11 is 6.01. The summed E-state index contributed by atoms with van der Waals surface area (Å²) < 4.78 is 0. The molecule has 0 saturated heterocycles. The third kappa shape index (κ3) is 2.35. The van der Waals surface area contributed by atoms with Crippen LogP contribution in [0.25, 0.3) is 10.9 Å². The predicted molar refractivity (Wildman–Crippen MR) is 82.5 cm³/mol. The van der Waals surface area contributed by atoms with Crippen LogP contribution in [0.15, 0.2) is 48.7 Å². The smallest absolute Gasteiger partial charge is 0.169 e. The average Bonchev–Trinajstić information content (AvgIpc) is 2.84. The molecule has 0 aliphatic heterocycles. The van der Waals surface area contributed by atoms with Crippen molar-refractivity contribution in [2.45, 2.75) is 13.3 Å². The minimum Gasteiger partial charge on any atom is -0.360 e. The molecule has 20 heavy (non-hydrogen) atoms. The van der Waals surface area contributed by atoms with E-state index in [2.05, 4.69) is 4.98 Å². The van der Waals surface area contributed by atoms with Gasteiger partial charge in [-0.05, 0) is 36.2 Å². The highest BCUT2D eigenvalue weighted by molar-refractivity contribution is 6.31. The van der Waals surface area contributed by atoms with E-state index in [0.29, 0.717) is 17.0 Å². The first-order chi connectivity index (χ1) is 9.65. The highest BCUT2D eigenvalue weighted by atomic mass is 35.5. The Morgan fingerprint density at radius 2 is 2.00 bits per heavy atom. The van der Waals surface area contributed by atoms with Crippen molar-refractivity contribution in [3.63, 3.8) is 0 Å². The van der Waals surface area contributed by atoms with Gasteiger partial charge in [-0.15, -0.1) is 0 Å². The number of aromatic amines is 1. The number of hydrogen-bond acceptors (Lipinski definition) is 1. The molecule has 0 fully saturated rings. The number of aromatic nitrogens is 1. The second-order valence-corrected chi connectivity index (χ2v) is 5.36. The number of aryl methyl sites for hydroxylation is 1. The van der Waals surface area contributed by atoms with Gasteiger partial charge in [-0.25, -0.2) is 0 Å². The molecule has 100 valence electrons. The first kappa shape index (κ1) is 12.9. The fraction of sp³-hybridized carbons (Fsp3) is 0.118. The number of H-pyrrole nitrogens is 1. The number of carbonyl (C=O) groups excluding carboxylic acids is 1. The highest BCUT2D eigenvalue weighted by Crippen LogP contribution is 2.24. The minimum atomic E-state index is 0.104. The maximum Gasteiger partial charge on any atom is 0.169 e. The number of ketones is 1. The summed E-state index contributed by atoms with van der Waals surface area (Å²) in [6, 6.07) is 13.5. The number of rotatable bonds is 3. The molecule has 0 saturated carbocycles. The third-order valence-electron chi connectivity index (χ3n) is 3.56. The lowest BCUT2D eigenvalue weighted by molar-refractivity contribution is 0.0994. The number of benzene rings is 2. The van der Waals surface area contributed by atoms with Crippen LogP contribution in [-0.4, -0.2) is 10.8 Å². The number of nitrogens with one attached hydrogen (secondary N) is 1. The van der Waals surface area contributed by atoms with E-state index in [4.69, 9.17) is 11.6 Å². The van der Waals surface area contributed by atoms with Crippen LogP contribution in [0.3, 0.4) is 0 Å². The number of fused-ring (bicyclic) bond motifs is 1. The molecule has 1 N–H and O–H groups in total. The fourth-order valence-corrected chi connectivity index (χ4v) is 2.57. The summed E-state index contributed by atoms with van der Waals surface area (Å²) in [4.78, 5) is 15.6. The van der Waals surface area contributed by atoms with Gasteiger partial charge in [0, 0.05) is 34.1 Å². The molecule has 1 aromatic heterocycles. The lowest BCUT2D eigenvalue weighted by atomic mass is 9.99. The van der Waals surface area contributed by atoms with Gasteiger partial charge in [0.2, 0.25) is 0 Å². The SMILES string of the molecule is Cc1ccccc1CC(=O)c1c[nH]c2ccc(Cl)cc12. The summed E-state index contributed by atoms with van der Waals surface area (Å²) in [5, 5.41) is 1.53. The van der Waals surface area contributed by atoms with Gasteiger partial charge in [-0.2, -0.15) is 0 Å². The normalized spacial score (nSPS) is 10.9. The van der Waals surface area contributed by atoms with Crippen LogP contribution in [0.2, 0.25) is 5.02 Å². The molecule has 3 rings (SSSR count). The van der Waals surface area contributed by atoms with E-state index in [9.17, 15) is 4.79 Å². The van der Waals surface area contributed by atoms with Crippen LogP contribution < -0.4 is 0 Å². The van der Waals surface area contributed by atoms with Gasteiger partial charge in [0.25, 0.3) is 0 Å². The Kier molecular flexibility index (Phi) is 3.33. The van der Waals surface area contributed by atoms with E-state index in [1.807, 2.05) is 49.4 Å². The first-order valence-corrected chi connectivity index (χ1v) is 6.87. The van der Waals surface area contributed by atoms with Gasteiger partial charge in [0.05, 0.1) is 0 Å². The highest BCUT2D eigenvalue weighted by Gasteiger charge is 2.13. The van der Waals surface area contributed by atoms with Gasteiger partial charge in [-0.1, -0.05) is 35.9 Å². The number of carbonyl (C=O) groups is 1. The quantitative estimate of drug-likeness (QED) is 0.703. The second kappa shape index (κ2) is 5.14. The van der Waals surface area contributed by atoms with Crippen molar-refractivity contribution in [1.82, 2.24) is 4.98 Å². The van der Waals surface area contributed by atoms with Crippen molar-refractivity contribution in [2.75, 3.05) is 0 Å². The van der Waals surface area contributed by atoms with Crippen LogP contribution in [0.5, 0.6) is 0 Å². The number of halogens is 1. The maximum atomic E-state index is 12.5. The molecule has 0 atom stereocenters. The molecular formula is C17H14ClNO. The van der Waals surface area contributed by atoms with Crippen molar-refractivity contribution >= 4 is 28.3 Å². The van der Waals surface area contributed by atoms with Crippen molar-refractivity contribution < 1.29 is 4.79 Å². The lowest BCUT2D eigenvalue weighted by Crippen LogP contribution is -2.04. The molecule has 0 amide bonds. The molecule has 2 nitrogen and oxygen atoms in total. The summed E-state index contributed by atoms with van der Waals surface area (Å²) in [7, 11) is 0. The first-order valence-electron chi connectivity index (χ1n) is 6.49. The van der Waals surface area contributed by atoms with Gasteiger partial charge in [0.1, 0.15) is 0 Å². The molecule has 1 heterocycles. The van der Waals surface area contributed by atoms with Crippen LogP contribution in [0.4, 0.5) is 0 Å². The molecule has 3 heteroatoms. The molecule has 2 aromatic carbocycles. The topological polar surface area (TPSA) is 32.9 Å². The number of Topliss-reactive ketones (excluding diaryl/α,β-unsaturated/α-hetero) is 1. The zero-order valence-corrected chi connectivity index (χ0v) is 11.9. The van der Waals surface area contributed by atoms with E-state index in [1.54, 1.807) is 6.20 Å². The third-order valence-corrected chi connectivity index (χ3v) is 3.79. The summed E-state index contributed by atoms with van der Waals surface area (Å²) in [5.74, 6) is 0.104. The molecular weight excluding hydrogens is 270 g/mol. The fourth-order valence-electron chi connectivity index (χ4n) is 2.40. The summed E-state index contributed by atoms with van der Waals surface area (Å²) in [6.45, 7) is 2.02. The van der Waals surface area contributed by atoms with E-state index in [-0.39, 0.29) is 5.78 Å². The van der Waals surface area contributed by atoms with Crippen molar-refractivity contribution in [3.05, 3.63) is 70.4 Å². The van der Waals surface area contributed by atoms with Crippen molar-refractivity contribution in [3.8, 4) is 0 Å². The van der Waals surface area contributed by atoms with Gasteiger partial charge >= 0.3 is 0 Å². The Hall–Kier alpha value is -2.06. The molecule has 0 aliphatic carbocycles. The van der Waals surface area contributed by atoms with Crippen LogP contribution in [0.1, 0.15) is 21.5 Å². The van der Waals surface area contributed by atoms with E-state index >= 15 is 0 Å². The Labute approximate surface area is 122 Å². The molecule has 3 aromatic rings. The molecule has 0 spiro atoms. The van der Waals surface area contributed by atoms with Crippen LogP contribution in [0, 0.1) is 6.92 Å². The van der Waals surface area contributed by atoms with Crippen molar-refractivity contribution in [1.29, 1.82) is 0 Å². The van der Waals surface area contributed by atoms with Gasteiger partial charge in [-0.3, -0.25) is 4.79 Å².